The zero-order valence-corrected chi connectivity index (χ0v) is 21.4. The van der Waals surface area contributed by atoms with E-state index in [1.807, 2.05) is 30.3 Å². The molecule has 0 aliphatic carbocycles. The van der Waals surface area contributed by atoms with Gasteiger partial charge in [-0.15, -0.1) is 11.3 Å². The number of benzene rings is 2. The van der Waals surface area contributed by atoms with Crippen LogP contribution >= 0.6 is 46.1 Å². The smallest absolute Gasteiger partial charge is 0.342 e. The van der Waals surface area contributed by atoms with Gasteiger partial charge in [0, 0.05) is 25.7 Å². The van der Waals surface area contributed by atoms with E-state index in [1.165, 1.54) is 17.7 Å². The Morgan fingerprint density at radius 2 is 1.88 bits per heavy atom. The van der Waals surface area contributed by atoms with E-state index >= 15 is 0 Å². The summed E-state index contributed by atoms with van der Waals surface area (Å²) in [7, 11) is -4.18. The minimum Gasteiger partial charge on any atom is -0.507 e. The highest BCUT2D eigenvalue weighted by Gasteiger charge is 2.29. The lowest BCUT2D eigenvalue weighted by atomic mass is 10.2. The Morgan fingerprint density at radius 1 is 1.15 bits per heavy atom. The molecule has 7 nitrogen and oxygen atoms in total. The second-order valence-electron chi connectivity index (χ2n) is 7.67. The van der Waals surface area contributed by atoms with Gasteiger partial charge in [0.15, 0.2) is 0 Å². The number of thiophene rings is 1. The van der Waals surface area contributed by atoms with Crippen LogP contribution < -0.4 is 4.72 Å². The maximum absolute atomic E-state index is 12.7. The normalized spacial score (nSPS) is 16.5. The third-order valence-corrected chi connectivity index (χ3v) is 9.22. The first-order valence-electron chi connectivity index (χ1n) is 10.1. The highest BCUT2D eigenvalue weighted by molar-refractivity contribution is 7.93. The Hall–Kier alpha value is -2.01. The van der Waals surface area contributed by atoms with Crippen molar-refractivity contribution in [1.82, 2.24) is 4.90 Å². The molecule has 3 aromatic rings. The number of hydrogen-bond donors (Lipinski definition) is 2. The number of carbonyl (C=O) groups excluding carboxylic acids is 1. The van der Waals surface area contributed by atoms with Crippen LogP contribution in [0.1, 0.15) is 22.3 Å². The van der Waals surface area contributed by atoms with Crippen LogP contribution in [-0.4, -0.2) is 43.6 Å². The Labute approximate surface area is 215 Å². The van der Waals surface area contributed by atoms with Gasteiger partial charge in [-0.25, -0.2) is 13.2 Å². The summed E-state index contributed by atoms with van der Waals surface area (Å²) >= 11 is 18.6. The van der Waals surface area contributed by atoms with E-state index in [-0.39, 0.29) is 35.9 Å². The fraction of sp³-hybridized carbons (Fsp3) is 0.227. The molecule has 1 aliphatic heterocycles. The molecule has 34 heavy (non-hydrogen) atoms. The summed E-state index contributed by atoms with van der Waals surface area (Å²) in [4.78, 5) is 14.4. The zero-order valence-electron chi connectivity index (χ0n) is 17.5. The molecule has 1 fully saturated rings. The fourth-order valence-corrected chi connectivity index (χ4v) is 7.54. The number of phenols is 1. The lowest BCUT2D eigenvalue weighted by molar-refractivity contribution is 0.0317. The van der Waals surface area contributed by atoms with E-state index in [0.29, 0.717) is 13.0 Å². The molecule has 0 amide bonds. The van der Waals surface area contributed by atoms with Gasteiger partial charge in [-0.2, -0.15) is 0 Å². The highest BCUT2D eigenvalue weighted by Crippen LogP contribution is 2.43. The van der Waals surface area contributed by atoms with Crippen LogP contribution in [0.4, 0.5) is 5.69 Å². The van der Waals surface area contributed by atoms with Crippen molar-refractivity contribution in [3.8, 4) is 5.75 Å². The lowest BCUT2D eigenvalue weighted by Crippen LogP contribution is -2.24. The van der Waals surface area contributed by atoms with Crippen molar-refractivity contribution < 1.29 is 23.1 Å². The maximum Gasteiger partial charge on any atom is 0.342 e. The maximum atomic E-state index is 12.7. The van der Waals surface area contributed by atoms with Crippen LogP contribution in [0.25, 0.3) is 0 Å². The lowest BCUT2D eigenvalue weighted by Gasteiger charge is -2.16. The van der Waals surface area contributed by atoms with Crippen molar-refractivity contribution in [2.75, 3.05) is 17.8 Å². The van der Waals surface area contributed by atoms with Crippen molar-refractivity contribution in [2.24, 2.45) is 0 Å². The van der Waals surface area contributed by atoms with Gasteiger partial charge < -0.3 is 9.84 Å². The Balaban J connectivity index is 1.39. The van der Waals surface area contributed by atoms with Gasteiger partial charge >= 0.3 is 5.97 Å². The third kappa shape index (κ3) is 5.62. The number of carbonyl (C=O) groups is 1. The predicted octanol–water partition coefficient (Wildman–Crippen LogP) is 5.65. The quantitative estimate of drug-likeness (QED) is 0.362. The number of halogens is 3. The van der Waals surface area contributed by atoms with E-state index < -0.39 is 21.7 Å². The summed E-state index contributed by atoms with van der Waals surface area (Å²) in [6, 6.07) is 13.7. The summed E-state index contributed by atoms with van der Waals surface area (Å²) < 4.78 is 33.1. The van der Waals surface area contributed by atoms with Crippen molar-refractivity contribution in [2.45, 2.75) is 24.0 Å². The Bertz CT molecular complexity index is 1320. The first-order chi connectivity index (χ1) is 16.1. The van der Waals surface area contributed by atoms with Gasteiger partial charge in [0.2, 0.25) is 0 Å². The SMILES string of the molecule is O=C(OC1CCN(Cc2ccccc2)C1)c1ccc(NS(=O)(=O)c2c(Cl)sc(Cl)c2Cl)cc1O. The van der Waals surface area contributed by atoms with E-state index in [9.17, 15) is 18.3 Å². The topological polar surface area (TPSA) is 95.9 Å². The summed E-state index contributed by atoms with van der Waals surface area (Å²) in [5.41, 5.74) is 1.12. The van der Waals surface area contributed by atoms with Crippen LogP contribution in [0.15, 0.2) is 53.4 Å². The largest absolute Gasteiger partial charge is 0.507 e. The molecule has 4 rings (SSSR count). The molecule has 12 heteroatoms. The van der Waals surface area contributed by atoms with Gasteiger partial charge in [0.05, 0.1) is 10.7 Å². The van der Waals surface area contributed by atoms with Crippen molar-refractivity contribution in [1.29, 1.82) is 0 Å². The molecule has 2 aromatic carbocycles. The molecule has 1 aliphatic rings. The average Bonchev–Trinajstić information content (AvgIpc) is 3.31. The second kappa shape index (κ2) is 10.3. The number of ether oxygens (including phenoxy) is 1. The van der Waals surface area contributed by atoms with Crippen molar-refractivity contribution in [3.05, 3.63) is 73.4 Å². The number of rotatable bonds is 7. The Morgan fingerprint density at radius 3 is 2.53 bits per heavy atom. The van der Waals surface area contributed by atoms with E-state index in [2.05, 4.69) is 9.62 Å². The van der Waals surface area contributed by atoms with Crippen LogP contribution in [0.5, 0.6) is 5.75 Å². The summed E-state index contributed by atoms with van der Waals surface area (Å²) in [5.74, 6) is -1.11. The average molecular weight is 562 g/mol. The van der Waals surface area contributed by atoms with Crippen LogP contribution in [0.3, 0.4) is 0 Å². The standard InChI is InChI=1S/C22H19Cl3N2O5S2/c23-18-19(21(25)33-20(18)24)34(30,31)26-14-6-7-16(17(28)10-14)22(29)32-15-8-9-27(12-15)11-13-4-2-1-3-5-13/h1-7,10,15,26,28H,8-9,11-12H2. The highest BCUT2D eigenvalue weighted by atomic mass is 35.5. The number of phenolic OH excluding ortho intramolecular Hbond substituents is 1. The number of hydrogen-bond acceptors (Lipinski definition) is 7. The van der Waals surface area contributed by atoms with Gasteiger partial charge in [-0.05, 0) is 24.1 Å². The van der Waals surface area contributed by atoms with E-state index in [1.54, 1.807) is 0 Å². The number of nitrogens with zero attached hydrogens (tertiary/aromatic N) is 1. The fourth-order valence-electron chi connectivity index (χ4n) is 3.64. The molecule has 0 saturated carbocycles. The molecule has 2 N–H and O–H groups in total. The second-order valence-corrected chi connectivity index (χ2v) is 11.9. The van der Waals surface area contributed by atoms with Gasteiger partial charge in [-0.3, -0.25) is 9.62 Å². The number of anilines is 1. The molecule has 1 unspecified atom stereocenters. The zero-order chi connectivity index (χ0) is 24.5. The van der Waals surface area contributed by atoms with Crippen LogP contribution in [0, 0.1) is 0 Å². The summed E-state index contributed by atoms with van der Waals surface area (Å²) in [6.07, 6.45) is 0.378. The first kappa shape index (κ1) is 25.1. The first-order valence-corrected chi connectivity index (χ1v) is 13.5. The van der Waals surface area contributed by atoms with Gasteiger partial charge in [0.1, 0.15) is 31.0 Å². The molecule has 1 aromatic heterocycles. The van der Waals surface area contributed by atoms with Crippen LogP contribution in [0.2, 0.25) is 13.7 Å². The number of aromatic hydroxyl groups is 1. The molecular formula is C22H19Cl3N2O5S2. The molecule has 2 heterocycles. The molecule has 0 spiro atoms. The summed E-state index contributed by atoms with van der Waals surface area (Å²) in [5, 5.41) is 10.2. The van der Waals surface area contributed by atoms with Crippen molar-refractivity contribution in [3.63, 3.8) is 0 Å². The monoisotopic (exact) mass is 560 g/mol. The third-order valence-electron chi connectivity index (χ3n) is 5.22. The minimum atomic E-state index is -4.18. The van der Waals surface area contributed by atoms with Gasteiger partial charge in [-0.1, -0.05) is 65.1 Å². The number of likely N-dealkylation sites (tertiary alicyclic amines) is 1. The molecular weight excluding hydrogens is 543 g/mol. The van der Waals surface area contributed by atoms with E-state index in [4.69, 9.17) is 39.5 Å². The minimum absolute atomic E-state index is 0.0124. The molecule has 180 valence electrons. The predicted molar refractivity (Wildman–Crippen MR) is 134 cm³/mol. The van der Waals surface area contributed by atoms with Gasteiger partial charge in [0.25, 0.3) is 10.0 Å². The number of esters is 1. The summed E-state index contributed by atoms with van der Waals surface area (Å²) in [6.45, 7) is 2.14. The molecule has 1 atom stereocenters. The number of sulfonamides is 1. The van der Waals surface area contributed by atoms with Crippen LogP contribution in [-0.2, 0) is 21.3 Å². The van der Waals surface area contributed by atoms with Crippen molar-refractivity contribution >= 4 is 67.8 Å². The molecule has 0 bridgehead atoms. The number of nitrogens with one attached hydrogen (secondary N) is 1. The Kier molecular flexibility index (Phi) is 7.61. The van der Waals surface area contributed by atoms with E-state index in [0.717, 1.165) is 30.5 Å². The molecule has 1 saturated heterocycles. The molecule has 0 radical (unpaired) electrons.